The maximum Gasteiger partial charge on any atom is 0.341 e. The maximum atomic E-state index is 12.9. The Morgan fingerprint density at radius 2 is 1.73 bits per heavy atom. The van der Waals surface area contributed by atoms with Gasteiger partial charge in [0.15, 0.2) is 11.0 Å². The van der Waals surface area contributed by atoms with E-state index in [4.69, 9.17) is 14.2 Å². The average Bonchev–Trinajstić information content (AvgIpc) is 3.58. The van der Waals surface area contributed by atoms with Crippen molar-refractivity contribution in [3.05, 3.63) is 70.9 Å². The van der Waals surface area contributed by atoms with Crippen molar-refractivity contribution < 1.29 is 23.8 Å². The van der Waals surface area contributed by atoms with Crippen molar-refractivity contribution in [3.63, 3.8) is 0 Å². The Morgan fingerprint density at radius 1 is 1.02 bits per heavy atom. The number of methoxy groups -OCH3 is 2. The van der Waals surface area contributed by atoms with Crippen LogP contribution in [0.2, 0.25) is 0 Å². The Balaban J connectivity index is 1.40. The molecule has 0 bridgehead atoms. The average molecular weight is 581 g/mol. The van der Waals surface area contributed by atoms with Gasteiger partial charge < -0.3 is 24.1 Å². The van der Waals surface area contributed by atoms with E-state index in [0.717, 1.165) is 11.3 Å². The number of hydrogen-bond donors (Lipinski definition) is 1. The first kappa shape index (κ1) is 29.2. The van der Waals surface area contributed by atoms with E-state index in [0.29, 0.717) is 45.3 Å². The molecule has 0 radical (unpaired) electrons. The number of amides is 1. The van der Waals surface area contributed by atoms with Crippen LogP contribution in [0.25, 0.3) is 11.1 Å². The molecule has 40 heavy (non-hydrogen) atoms. The van der Waals surface area contributed by atoms with Crippen molar-refractivity contribution >= 4 is 40.0 Å². The molecule has 0 aliphatic rings. The predicted octanol–water partition coefficient (Wildman–Crippen LogP) is 6.25. The predicted molar refractivity (Wildman–Crippen MR) is 158 cm³/mol. The van der Waals surface area contributed by atoms with Gasteiger partial charge in [-0.3, -0.25) is 4.79 Å². The van der Waals surface area contributed by atoms with Crippen LogP contribution in [0.3, 0.4) is 0 Å². The molecule has 0 saturated carbocycles. The van der Waals surface area contributed by atoms with E-state index in [2.05, 4.69) is 41.5 Å². The molecule has 2 aromatic heterocycles. The fraction of sp³-hybridized carbons (Fsp3) is 0.310. The largest absolute Gasteiger partial charge is 0.497 e. The van der Waals surface area contributed by atoms with Crippen LogP contribution in [0.1, 0.15) is 48.4 Å². The van der Waals surface area contributed by atoms with Gasteiger partial charge in [0.05, 0.1) is 20.0 Å². The van der Waals surface area contributed by atoms with E-state index >= 15 is 0 Å². The van der Waals surface area contributed by atoms with E-state index in [1.54, 1.807) is 7.11 Å². The first-order chi connectivity index (χ1) is 19.3. The lowest BCUT2D eigenvalue weighted by Crippen LogP contribution is -2.16. The standard InChI is InChI=1S/C29H32N4O5S2/c1-6-33-24(15-38-22-13-7-19(8-14-22)18(2)3)31-32-29(33)40-17-25(34)30-27-26(28(35)37-5)23(16-39-27)20-9-11-21(36-4)12-10-20/h7-14,16,18H,6,15,17H2,1-5H3,(H,30,34). The summed E-state index contributed by atoms with van der Waals surface area (Å²) in [5.41, 5.74) is 3.05. The molecule has 0 spiro atoms. The van der Waals surface area contributed by atoms with Gasteiger partial charge in [-0.15, -0.1) is 21.5 Å². The number of nitrogens with zero attached hydrogens (tertiary/aromatic N) is 3. The van der Waals surface area contributed by atoms with Gasteiger partial charge in [-0.25, -0.2) is 4.79 Å². The minimum atomic E-state index is -0.524. The Bertz CT molecular complexity index is 1450. The van der Waals surface area contributed by atoms with E-state index in [9.17, 15) is 9.59 Å². The second-order valence-corrected chi connectivity index (χ2v) is 10.9. The summed E-state index contributed by atoms with van der Waals surface area (Å²) in [7, 11) is 2.91. The molecule has 1 N–H and O–H groups in total. The van der Waals surface area contributed by atoms with Crippen LogP contribution in [0.5, 0.6) is 11.5 Å². The molecule has 0 atom stereocenters. The molecule has 0 aliphatic carbocycles. The molecular weight excluding hydrogens is 548 g/mol. The summed E-state index contributed by atoms with van der Waals surface area (Å²) < 4.78 is 18.1. The molecule has 210 valence electrons. The summed E-state index contributed by atoms with van der Waals surface area (Å²) in [4.78, 5) is 25.5. The number of benzene rings is 2. The summed E-state index contributed by atoms with van der Waals surface area (Å²) in [5, 5.41) is 14.3. The van der Waals surface area contributed by atoms with Crippen LogP contribution >= 0.6 is 23.1 Å². The van der Waals surface area contributed by atoms with E-state index < -0.39 is 5.97 Å². The van der Waals surface area contributed by atoms with Gasteiger partial charge in [0.1, 0.15) is 28.7 Å². The highest BCUT2D eigenvalue weighted by molar-refractivity contribution is 7.99. The fourth-order valence-electron chi connectivity index (χ4n) is 3.98. The number of carbonyl (C=O) groups is 2. The first-order valence-electron chi connectivity index (χ1n) is 12.8. The summed E-state index contributed by atoms with van der Waals surface area (Å²) in [5.74, 6) is 1.89. The SMILES string of the molecule is CCn1c(COc2ccc(C(C)C)cc2)nnc1SCC(=O)Nc1scc(-c2ccc(OC)cc2)c1C(=O)OC. The smallest absolute Gasteiger partial charge is 0.341 e. The molecule has 0 unspecified atom stereocenters. The number of thiophene rings is 1. The molecule has 4 rings (SSSR count). The van der Waals surface area contributed by atoms with Crippen LogP contribution in [0.15, 0.2) is 59.1 Å². The fourth-order valence-corrected chi connectivity index (χ4v) is 5.77. The third-order valence-corrected chi connectivity index (χ3v) is 8.05. The third kappa shape index (κ3) is 6.83. The number of rotatable bonds is 12. The zero-order valence-electron chi connectivity index (χ0n) is 23.1. The van der Waals surface area contributed by atoms with Crippen molar-refractivity contribution in [1.82, 2.24) is 14.8 Å². The van der Waals surface area contributed by atoms with Crippen molar-refractivity contribution in [3.8, 4) is 22.6 Å². The lowest BCUT2D eigenvalue weighted by atomic mass is 10.0. The molecule has 2 aromatic carbocycles. The van der Waals surface area contributed by atoms with Gasteiger partial charge in [-0.05, 0) is 48.2 Å². The molecule has 1 amide bonds. The van der Waals surface area contributed by atoms with Gasteiger partial charge in [0.2, 0.25) is 5.91 Å². The van der Waals surface area contributed by atoms with Crippen LogP contribution < -0.4 is 14.8 Å². The highest BCUT2D eigenvalue weighted by atomic mass is 32.2. The summed E-state index contributed by atoms with van der Waals surface area (Å²) in [6.45, 7) is 7.18. The highest BCUT2D eigenvalue weighted by Crippen LogP contribution is 2.37. The molecule has 2 heterocycles. The quantitative estimate of drug-likeness (QED) is 0.155. The zero-order chi connectivity index (χ0) is 28.6. The number of aromatic nitrogens is 3. The number of anilines is 1. The maximum absolute atomic E-state index is 12.9. The number of nitrogens with one attached hydrogen (secondary N) is 1. The minimum absolute atomic E-state index is 0.0893. The number of carbonyl (C=O) groups excluding carboxylic acids is 2. The van der Waals surface area contributed by atoms with Gasteiger partial charge in [-0.2, -0.15) is 0 Å². The first-order valence-corrected chi connectivity index (χ1v) is 14.6. The summed E-state index contributed by atoms with van der Waals surface area (Å²) in [6, 6.07) is 15.4. The van der Waals surface area contributed by atoms with Crippen LogP contribution in [-0.2, 0) is 22.7 Å². The zero-order valence-corrected chi connectivity index (χ0v) is 24.7. The van der Waals surface area contributed by atoms with Gasteiger partial charge in [-0.1, -0.05) is 49.9 Å². The topological polar surface area (TPSA) is 105 Å². The molecule has 0 fully saturated rings. The van der Waals surface area contributed by atoms with E-state index in [1.165, 1.54) is 35.8 Å². The van der Waals surface area contributed by atoms with E-state index in [-0.39, 0.29) is 18.3 Å². The third-order valence-electron chi connectivity index (χ3n) is 6.19. The van der Waals surface area contributed by atoms with Crippen LogP contribution in [0.4, 0.5) is 5.00 Å². The molecule has 0 saturated heterocycles. The van der Waals surface area contributed by atoms with Crippen molar-refractivity contribution in [2.45, 2.75) is 45.0 Å². The van der Waals surface area contributed by atoms with Gasteiger partial charge in [0, 0.05) is 17.5 Å². The van der Waals surface area contributed by atoms with Crippen molar-refractivity contribution in [1.29, 1.82) is 0 Å². The van der Waals surface area contributed by atoms with Crippen molar-refractivity contribution in [2.75, 3.05) is 25.3 Å². The Labute approximate surface area is 241 Å². The Morgan fingerprint density at radius 3 is 2.35 bits per heavy atom. The lowest BCUT2D eigenvalue weighted by molar-refractivity contribution is -0.113. The van der Waals surface area contributed by atoms with Gasteiger partial charge in [0.25, 0.3) is 0 Å². The molecular formula is C29H32N4O5S2. The van der Waals surface area contributed by atoms with E-state index in [1.807, 2.05) is 53.3 Å². The second kappa shape index (κ2) is 13.5. The molecule has 4 aromatic rings. The van der Waals surface area contributed by atoms with Gasteiger partial charge >= 0.3 is 5.97 Å². The lowest BCUT2D eigenvalue weighted by Gasteiger charge is -2.10. The number of thioether (sulfide) groups is 1. The van der Waals surface area contributed by atoms with Crippen LogP contribution in [0, 0.1) is 0 Å². The minimum Gasteiger partial charge on any atom is -0.497 e. The molecule has 11 heteroatoms. The number of hydrogen-bond acceptors (Lipinski definition) is 9. The summed E-state index contributed by atoms with van der Waals surface area (Å²) >= 11 is 2.54. The highest BCUT2D eigenvalue weighted by Gasteiger charge is 2.23. The number of ether oxygens (including phenoxy) is 3. The molecule has 0 aliphatic heterocycles. The van der Waals surface area contributed by atoms with Crippen LogP contribution in [-0.4, -0.2) is 46.6 Å². The Kier molecular flexibility index (Phi) is 9.84. The summed E-state index contributed by atoms with van der Waals surface area (Å²) in [6.07, 6.45) is 0. The monoisotopic (exact) mass is 580 g/mol. The normalized spacial score (nSPS) is 10.9. The Hall–Kier alpha value is -3.83. The second-order valence-electron chi connectivity index (χ2n) is 9.07. The molecule has 9 nitrogen and oxygen atoms in total. The van der Waals surface area contributed by atoms with Crippen molar-refractivity contribution in [2.24, 2.45) is 0 Å². The number of esters is 1.